The van der Waals surface area contributed by atoms with Crippen molar-refractivity contribution in [3.8, 4) is 0 Å². The van der Waals surface area contributed by atoms with E-state index in [1.54, 1.807) is 4.90 Å². The average molecular weight is 478 g/mol. The van der Waals surface area contributed by atoms with E-state index in [1.807, 2.05) is 29.2 Å². The van der Waals surface area contributed by atoms with Gasteiger partial charge in [-0.1, -0.05) is 63.2 Å². The fourth-order valence-corrected chi connectivity index (χ4v) is 6.51. The summed E-state index contributed by atoms with van der Waals surface area (Å²) in [4.78, 5) is 43.9. The number of carbonyl (C=O) groups excluding carboxylic acids is 2. The summed E-state index contributed by atoms with van der Waals surface area (Å²) in [5.41, 5.74) is 0.590. The highest BCUT2D eigenvalue weighted by Crippen LogP contribution is 2.50. The summed E-state index contributed by atoms with van der Waals surface area (Å²) in [6, 6.07) is 13.8. The average Bonchev–Trinajstić information content (AvgIpc) is 3.17. The lowest BCUT2D eigenvalue weighted by Crippen LogP contribution is -2.65. The lowest BCUT2D eigenvalue weighted by atomic mass is 9.58. The molecule has 7 nitrogen and oxygen atoms in total. The Balaban J connectivity index is 1.40. The first kappa shape index (κ1) is 23.6. The predicted octanol–water partition coefficient (Wildman–Crippen LogP) is 4.21. The Morgan fingerprint density at radius 2 is 1.71 bits per heavy atom. The zero-order chi connectivity index (χ0) is 25.0. The van der Waals surface area contributed by atoms with Crippen molar-refractivity contribution in [1.82, 2.24) is 14.7 Å². The summed E-state index contributed by atoms with van der Waals surface area (Å²) in [6.45, 7) is 8.84. The molecule has 3 saturated heterocycles. The zero-order valence-corrected chi connectivity index (χ0v) is 20.9. The lowest BCUT2D eigenvalue weighted by Gasteiger charge is -2.58. The Morgan fingerprint density at radius 3 is 2.46 bits per heavy atom. The molecule has 3 fully saturated rings. The Bertz CT molecular complexity index is 1170. The summed E-state index contributed by atoms with van der Waals surface area (Å²) in [7, 11) is 0. The van der Waals surface area contributed by atoms with E-state index >= 15 is 0 Å². The molecular formula is C28H35N3O4. The second kappa shape index (κ2) is 8.54. The van der Waals surface area contributed by atoms with Gasteiger partial charge < -0.3 is 19.8 Å². The van der Waals surface area contributed by atoms with Gasteiger partial charge in [0.2, 0.25) is 11.8 Å². The van der Waals surface area contributed by atoms with Crippen LogP contribution in [0.4, 0.5) is 4.79 Å². The van der Waals surface area contributed by atoms with Gasteiger partial charge in [0.25, 0.3) is 0 Å². The summed E-state index contributed by atoms with van der Waals surface area (Å²) in [6.07, 6.45) is 0.960. The minimum Gasteiger partial charge on any atom is -0.465 e. The first-order valence-electron chi connectivity index (χ1n) is 12.6. The number of likely N-dealkylation sites (tertiary alicyclic amines) is 3. The van der Waals surface area contributed by atoms with Crippen LogP contribution in [0.2, 0.25) is 0 Å². The number of hydrogen-bond donors (Lipinski definition) is 1. The molecule has 2 bridgehead atoms. The van der Waals surface area contributed by atoms with Gasteiger partial charge in [-0.15, -0.1) is 0 Å². The van der Waals surface area contributed by atoms with Crippen molar-refractivity contribution >= 4 is 28.7 Å². The van der Waals surface area contributed by atoms with Gasteiger partial charge in [0.1, 0.15) is 6.04 Å². The van der Waals surface area contributed by atoms with E-state index in [0.717, 1.165) is 22.8 Å². The molecule has 2 aromatic rings. The first-order valence-corrected chi connectivity index (χ1v) is 12.6. The summed E-state index contributed by atoms with van der Waals surface area (Å²) in [5, 5.41) is 11.9. The van der Waals surface area contributed by atoms with Gasteiger partial charge in [-0.25, -0.2) is 4.79 Å². The zero-order valence-electron chi connectivity index (χ0n) is 20.9. The predicted molar refractivity (Wildman–Crippen MR) is 134 cm³/mol. The van der Waals surface area contributed by atoms with Gasteiger partial charge in [0.15, 0.2) is 0 Å². The van der Waals surface area contributed by atoms with Crippen molar-refractivity contribution in [2.24, 2.45) is 16.7 Å². The Kier molecular flexibility index (Phi) is 5.77. The van der Waals surface area contributed by atoms with Crippen molar-refractivity contribution in [3.63, 3.8) is 0 Å². The number of carbonyl (C=O) groups is 3. The Hall–Kier alpha value is -3.09. The van der Waals surface area contributed by atoms with Crippen molar-refractivity contribution in [2.45, 2.75) is 52.6 Å². The van der Waals surface area contributed by atoms with Crippen LogP contribution in [-0.4, -0.2) is 69.9 Å². The van der Waals surface area contributed by atoms with Crippen LogP contribution in [0.3, 0.4) is 0 Å². The molecule has 0 aliphatic carbocycles. The third kappa shape index (κ3) is 4.15. The van der Waals surface area contributed by atoms with Crippen molar-refractivity contribution < 1.29 is 19.5 Å². The van der Waals surface area contributed by atoms with E-state index < -0.39 is 12.1 Å². The molecule has 3 heterocycles. The summed E-state index contributed by atoms with van der Waals surface area (Å²) in [5.74, 6) is 0.148. The van der Waals surface area contributed by atoms with Gasteiger partial charge in [-0.3, -0.25) is 9.59 Å². The molecule has 7 heteroatoms. The van der Waals surface area contributed by atoms with E-state index in [0.29, 0.717) is 45.6 Å². The maximum atomic E-state index is 13.9. The van der Waals surface area contributed by atoms with Gasteiger partial charge in [-0.05, 0) is 40.5 Å². The summed E-state index contributed by atoms with van der Waals surface area (Å²) < 4.78 is 0. The number of amides is 3. The van der Waals surface area contributed by atoms with Crippen molar-refractivity contribution in [2.75, 3.05) is 26.2 Å². The quantitative estimate of drug-likeness (QED) is 0.718. The van der Waals surface area contributed by atoms with E-state index in [9.17, 15) is 19.5 Å². The van der Waals surface area contributed by atoms with Crippen molar-refractivity contribution in [3.05, 3.63) is 48.0 Å². The van der Waals surface area contributed by atoms with E-state index in [4.69, 9.17) is 0 Å². The van der Waals surface area contributed by atoms with Gasteiger partial charge in [-0.2, -0.15) is 0 Å². The molecule has 35 heavy (non-hydrogen) atoms. The molecule has 3 amide bonds. The maximum Gasteiger partial charge on any atom is 0.407 e. The van der Waals surface area contributed by atoms with Crippen LogP contribution in [0.5, 0.6) is 0 Å². The van der Waals surface area contributed by atoms with E-state index in [1.165, 1.54) is 4.90 Å². The number of fused-ring (bicyclic) bond motifs is 3. The highest BCUT2D eigenvalue weighted by molar-refractivity contribution is 5.92. The number of rotatable bonds is 3. The lowest BCUT2D eigenvalue weighted by molar-refractivity contribution is -0.152. The van der Waals surface area contributed by atoms with Crippen molar-refractivity contribution in [1.29, 1.82) is 0 Å². The van der Waals surface area contributed by atoms with Crippen LogP contribution in [0.25, 0.3) is 10.8 Å². The molecular weight excluding hydrogens is 442 g/mol. The number of carboxylic acid groups (broad SMARTS) is 1. The van der Waals surface area contributed by atoms with E-state index in [2.05, 4.69) is 39.0 Å². The minimum absolute atomic E-state index is 0.0122. The highest BCUT2D eigenvalue weighted by Gasteiger charge is 2.54. The molecule has 5 rings (SSSR count). The molecule has 0 spiro atoms. The molecule has 0 aromatic heterocycles. The second-order valence-electron chi connectivity index (χ2n) is 11.7. The molecule has 3 aliphatic heterocycles. The van der Waals surface area contributed by atoms with Crippen LogP contribution in [-0.2, 0) is 16.1 Å². The number of nitrogens with zero attached hydrogens (tertiary/aromatic N) is 3. The molecule has 2 aromatic carbocycles. The van der Waals surface area contributed by atoms with Gasteiger partial charge >= 0.3 is 6.09 Å². The molecule has 2 unspecified atom stereocenters. The monoisotopic (exact) mass is 477 g/mol. The smallest absolute Gasteiger partial charge is 0.407 e. The minimum atomic E-state index is -0.884. The van der Waals surface area contributed by atoms with Crippen LogP contribution in [0.15, 0.2) is 42.5 Å². The van der Waals surface area contributed by atoms with Crippen LogP contribution in [0, 0.1) is 16.7 Å². The third-order valence-corrected chi connectivity index (χ3v) is 8.63. The largest absolute Gasteiger partial charge is 0.465 e. The van der Waals surface area contributed by atoms with Gasteiger partial charge in [0.05, 0.1) is 0 Å². The topological polar surface area (TPSA) is 81.2 Å². The fourth-order valence-electron chi connectivity index (χ4n) is 6.51. The third-order valence-electron chi connectivity index (χ3n) is 8.63. The normalized spacial score (nSPS) is 26.9. The Labute approximate surface area is 206 Å². The summed E-state index contributed by atoms with van der Waals surface area (Å²) >= 11 is 0. The maximum absolute atomic E-state index is 13.9. The standard InChI is InChI=1S/C28H35N3O4/c1-27(2,3)28-13-19(15-30(18-28)26(34)35)14-29(17-28)25(33)23-11-12-24(32)31(23)16-21-9-6-8-20-7-4-5-10-22(20)21/h4-10,19,23H,11-18H2,1-3H3,(H,34,35)/t19?,23-,28?/m0/s1. The number of piperidine rings is 2. The molecule has 0 radical (unpaired) electrons. The van der Waals surface area contributed by atoms with Crippen LogP contribution >= 0.6 is 0 Å². The molecule has 3 atom stereocenters. The molecule has 0 saturated carbocycles. The fraction of sp³-hybridized carbons (Fsp3) is 0.536. The Morgan fingerprint density at radius 1 is 1.03 bits per heavy atom. The van der Waals surface area contributed by atoms with E-state index in [-0.39, 0.29) is 28.6 Å². The molecule has 186 valence electrons. The number of hydrogen-bond acceptors (Lipinski definition) is 3. The first-order chi connectivity index (χ1) is 16.6. The molecule has 1 N–H and O–H groups in total. The van der Waals surface area contributed by atoms with Crippen LogP contribution in [0.1, 0.15) is 45.6 Å². The van der Waals surface area contributed by atoms with Crippen LogP contribution < -0.4 is 0 Å². The number of benzene rings is 2. The SMILES string of the molecule is CC(C)(C)C12CC(CN(C(=O)O)C1)CN(C(=O)[C@@H]1CCC(=O)N1Cc1cccc3ccccc13)C2. The van der Waals surface area contributed by atoms with Gasteiger partial charge in [0, 0.05) is 44.6 Å². The second-order valence-corrected chi connectivity index (χ2v) is 11.7. The highest BCUT2D eigenvalue weighted by atomic mass is 16.4. The molecule has 3 aliphatic rings.